The van der Waals surface area contributed by atoms with Gasteiger partial charge in [-0.1, -0.05) is 32.0 Å². The van der Waals surface area contributed by atoms with E-state index in [9.17, 15) is 5.11 Å². The molecule has 0 aromatic heterocycles. The molecule has 0 spiro atoms. The highest BCUT2D eigenvalue weighted by Crippen LogP contribution is 2.27. The molecular formula is C17H27NO3. The molecule has 1 aromatic rings. The Bertz CT molecular complexity index is 416. The molecule has 1 unspecified atom stereocenters. The lowest BCUT2D eigenvalue weighted by molar-refractivity contribution is 0.0298. The van der Waals surface area contributed by atoms with Gasteiger partial charge in [0.15, 0.2) is 0 Å². The molecule has 1 aliphatic heterocycles. The molecule has 118 valence electrons. The van der Waals surface area contributed by atoms with Crippen molar-refractivity contribution in [2.45, 2.75) is 26.4 Å². The zero-order chi connectivity index (χ0) is 15.1. The monoisotopic (exact) mass is 293 g/mol. The molecule has 0 amide bonds. The first-order valence-electron chi connectivity index (χ1n) is 7.86. The summed E-state index contributed by atoms with van der Waals surface area (Å²) in [6.07, 6.45) is 0.249. The SMILES string of the molecule is CC(C)COc1ccccc1C(O)CCN1CCOCC1. The molecule has 21 heavy (non-hydrogen) atoms. The Kier molecular flexibility index (Phi) is 6.49. The number of para-hydroxylation sites is 1. The van der Waals surface area contributed by atoms with Gasteiger partial charge in [-0.15, -0.1) is 0 Å². The van der Waals surface area contributed by atoms with Crippen molar-refractivity contribution in [3.63, 3.8) is 0 Å². The van der Waals surface area contributed by atoms with Crippen molar-refractivity contribution in [2.75, 3.05) is 39.5 Å². The fourth-order valence-electron chi connectivity index (χ4n) is 2.43. The van der Waals surface area contributed by atoms with Crippen LogP contribution in [0.5, 0.6) is 5.75 Å². The van der Waals surface area contributed by atoms with E-state index >= 15 is 0 Å². The summed E-state index contributed by atoms with van der Waals surface area (Å²) in [6.45, 7) is 9.32. The van der Waals surface area contributed by atoms with E-state index < -0.39 is 6.10 Å². The van der Waals surface area contributed by atoms with E-state index in [0.29, 0.717) is 12.5 Å². The Hall–Kier alpha value is -1.10. The first kappa shape index (κ1) is 16.3. The standard InChI is InChI=1S/C17H27NO3/c1-14(2)13-21-17-6-4-3-5-15(17)16(19)7-8-18-9-11-20-12-10-18/h3-6,14,16,19H,7-13H2,1-2H3. The van der Waals surface area contributed by atoms with Gasteiger partial charge in [0.1, 0.15) is 5.75 Å². The van der Waals surface area contributed by atoms with Gasteiger partial charge < -0.3 is 14.6 Å². The van der Waals surface area contributed by atoms with Crippen LogP contribution in [0.15, 0.2) is 24.3 Å². The molecule has 0 bridgehead atoms. The third kappa shape index (κ3) is 5.30. The van der Waals surface area contributed by atoms with E-state index in [0.717, 1.165) is 50.6 Å². The normalized spacial score (nSPS) is 17.9. The lowest BCUT2D eigenvalue weighted by Gasteiger charge is -2.27. The molecule has 4 nitrogen and oxygen atoms in total. The van der Waals surface area contributed by atoms with Crippen molar-refractivity contribution in [2.24, 2.45) is 5.92 Å². The summed E-state index contributed by atoms with van der Waals surface area (Å²) in [6, 6.07) is 7.80. The van der Waals surface area contributed by atoms with Crippen LogP contribution in [0.25, 0.3) is 0 Å². The van der Waals surface area contributed by atoms with Gasteiger partial charge in [0.05, 0.1) is 25.9 Å². The number of ether oxygens (including phenoxy) is 2. The molecule has 4 heteroatoms. The molecule has 1 atom stereocenters. The van der Waals surface area contributed by atoms with Gasteiger partial charge >= 0.3 is 0 Å². The van der Waals surface area contributed by atoms with Crippen LogP contribution in [0, 0.1) is 5.92 Å². The fourth-order valence-corrected chi connectivity index (χ4v) is 2.43. The molecule has 2 rings (SSSR count). The predicted molar refractivity (Wildman–Crippen MR) is 83.6 cm³/mol. The fraction of sp³-hybridized carbons (Fsp3) is 0.647. The van der Waals surface area contributed by atoms with Crippen LogP contribution < -0.4 is 4.74 Å². The molecule has 1 heterocycles. The van der Waals surface area contributed by atoms with Crippen LogP contribution >= 0.6 is 0 Å². The first-order valence-corrected chi connectivity index (χ1v) is 7.86. The smallest absolute Gasteiger partial charge is 0.125 e. The third-order valence-corrected chi connectivity index (χ3v) is 3.67. The summed E-state index contributed by atoms with van der Waals surface area (Å²) in [7, 11) is 0. The highest BCUT2D eigenvalue weighted by molar-refractivity contribution is 5.35. The van der Waals surface area contributed by atoms with Gasteiger partial charge in [-0.3, -0.25) is 4.90 Å². The quantitative estimate of drug-likeness (QED) is 0.838. The topological polar surface area (TPSA) is 41.9 Å². The maximum absolute atomic E-state index is 10.5. The molecule has 1 N–H and O–H groups in total. The Morgan fingerprint density at radius 3 is 2.67 bits per heavy atom. The summed E-state index contributed by atoms with van der Waals surface area (Å²) >= 11 is 0. The minimum absolute atomic E-state index is 0.476. The lowest BCUT2D eigenvalue weighted by Crippen LogP contribution is -2.37. The Labute approximate surface area is 127 Å². The second kappa shape index (κ2) is 8.37. The average Bonchev–Trinajstić information content (AvgIpc) is 2.52. The number of hydrogen-bond acceptors (Lipinski definition) is 4. The number of benzene rings is 1. The van der Waals surface area contributed by atoms with Crippen LogP contribution in [0.1, 0.15) is 31.9 Å². The predicted octanol–water partition coefficient (Wildman–Crippen LogP) is 2.48. The second-order valence-corrected chi connectivity index (χ2v) is 6.00. The van der Waals surface area contributed by atoms with E-state index in [1.54, 1.807) is 0 Å². The highest BCUT2D eigenvalue weighted by atomic mass is 16.5. The van der Waals surface area contributed by atoms with E-state index in [1.165, 1.54) is 0 Å². The van der Waals surface area contributed by atoms with E-state index in [2.05, 4.69) is 18.7 Å². The largest absolute Gasteiger partial charge is 0.493 e. The summed E-state index contributed by atoms with van der Waals surface area (Å²) < 4.78 is 11.2. The zero-order valence-corrected chi connectivity index (χ0v) is 13.1. The minimum atomic E-state index is -0.476. The molecule has 1 fully saturated rings. The van der Waals surface area contributed by atoms with Gasteiger partial charge in [0, 0.05) is 25.2 Å². The third-order valence-electron chi connectivity index (χ3n) is 3.67. The molecule has 1 aromatic carbocycles. The summed E-state index contributed by atoms with van der Waals surface area (Å²) in [5.74, 6) is 1.28. The van der Waals surface area contributed by atoms with Crippen LogP contribution in [0.3, 0.4) is 0 Å². The maximum atomic E-state index is 10.5. The lowest BCUT2D eigenvalue weighted by atomic mass is 10.0. The van der Waals surface area contributed by atoms with Gasteiger partial charge in [-0.2, -0.15) is 0 Å². The Morgan fingerprint density at radius 2 is 1.95 bits per heavy atom. The van der Waals surface area contributed by atoms with Gasteiger partial charge in [0.2, 0.25) is 0 Å². The highest BCUT2D eigenvalue weighted by Gasteiger charge is 2.16. The van der Waals surface area contributed by atoms with Crippen LogP contribution in [-0.4, -0.2) is 49.5 Å². The van der Waals surface area contributed by atoms with Crippen molar-refractivity contribution >= 4 is 0 Å². The molecule has 1 saturated heterocycles. The van der Waals surface area contributed by atoms with Crippen LogP contribution in [0.4, 0.5) is 0 Å². The molecule has 0 aliphatic carbocycles. The molecule has 0 radical (unpaired) electrons. The average molecular weight is 293 g/mol. The summed E-state index contributed by atoms with van der Waals surface area (Å²) in [5.41, 5.74) is 0.895. The number of nitrogens with zero attached hydrogens (tertiary/aromatic N) is 1. The zero-order valence-electron chi connectivity index (χ0n) is 13.1. The van der Waals surface area contributed by atoms with Crippen LogP contribution in [-0.2, 0) is 4.74 Å². The maximum Gasteiger partial charge on any atom is 0.125 e. The molecular weight excluding hydrogens is 266 g/mol. The van der Waals surface area contributed by atoms with Crippen LogP contribution in [0.2, 0.25) is 0 Å². The summed E-state index contributed by atoms with van der Waals surface area (Å²) in [5, 5.41) is 10.5. The van der Waals surface area contributed by atoms with Crippen molar-refractivity contribution in [3.8, 4) is 5.75 Å². The number of aliphatic hydroxyl groups excluding tert-OH is 1. The minimum Gasteiger partial charge on any atom is -0.493 e. The first-order chi connectivity index (χ1) is 10.2. The van der Waals surface area contributed by atoms with E-state index in [4.69, 9.17) is 9.47 Å². The van der Waals surface area contributed by atoms with Gasteiger partial charge in [0.25, 0.3) is 0 Å². The van der Waals surface area contributed by atoms with Gasteiger partial charge in [-0.05, 0) is 18.4 Å². The number of aliphatic hydroxyl groups is 1. The van der Waals surface area contributed by atoms with E-state index in [1.807, 2.05) is 24.3 Å². The van der Waals surface area contributed by atoms with Gasteiger partial charge in [-0.25, -0.2) is 0 Å². The molecule has 1 aliphatic rings. The van der Waals surface area contributed by atoms with Crippen molar-refractivity contribution in [1.29, 1.82) is 0 Å². The number of morpholine rings is 1. The van der Waals surface area contributed by atoms with E-state index in [-0.39, 0.29) is 0 Å². The number of rotatable bonds is 7. The van der Waals surface area contributed by atoms with Crippen molar-refractivity contribution in [3.05, 3.63) is 29.8 Å². The summed E-state index contributed by atoms with van der Waals surface area (Å²) in [4.78, 5) is 2.34. The Morgan fingerprint density at radius 1 is 1.24 bits per heavy atom. The Balaban J connectivity index is 1.89. The molecule has 0 saturated carbocycles. The van der Waals surface area contributed by atoms with Crippen molar-refractivity contribution in [1.82, 2.24) is 4.90 Å². The second-order valence-electron chi connectivity index (χ2n) is 6.00. The van der Waals surface area contributed by atoms with Crippen molar-refractivity contribution < 1.29 is 14.6 Å². The number of hydrogen-bond donors (Lipinski definition) is 1.